The van der Waals surface area contributed by atoms with E-state index >= 15 is 0 Å². The molecule has 0 amide bonds. The van der Waals surface area contributed by atoms with Crippen LogP contribution in [-0.2, 0) is 6.42 Å². The van der Waals surface area contributed by atoms with Crippen LogP contribution in [0.4, 0.5) is 0 Å². The average Bonchev–Trinajstić information content (AvgIpc) is 2.28. The van der Waals surface area contributed by atoms with E-state index in [1.54, 1.807) is 7.11 Å². The molecule has 1 aromatic rings. The molecule has 0 saturated heterocycles. The molecule has 0 aromatic heterocycles. The number of alkyl halides is 1. The van der Waals surface area contributed by atoms with Crippen LogP contribution in [0.15, 0.2) is 18.2 Å². The predicted octanol–water partition coefficient (Wildman–Crippen LogP) is 3.65. The van der Waals surface area contributed by atoms with Gasteiger partial charge >= 0.3 is 0 Å². The molecule has 1 aromatic carbocycles. The Balaban J connectivity index is 2.74. The summed E-state index contributed by atoms with van der Waals surface area (Å²) >= 11 is 5.93. The van der Waals surface area contributed by atoms with Crippen molar-refractivity contribution in [2.75, 3.05) is 13.7 Å². The Morgan fingerprint density at radius 2 is 2.06 bits per heavy atom. The minimum Gasteiger partial charge on any atom is -0.493 e. The summed E-state index contributed by atoms with van der Waals surface area (Å²) in [5, 5.41) is 0.206. The predicted molar refractivity (Wildman–Crippen MR) is 67.8 cm³/mol. The summed E-state index contributed by atoms with van der Waals surface area (Å²) in [6.45, 7) is 4.62. The first-order valence-corrected chi connectivity index (χ1v) is 6.04. The zero-order chi connectivity index (χ0) is 12.0. The first kappa shape index (κ1) is 13.2. The Labute approximate surface area is 103 Å². The Bertz CT molecular complexity index is 324. The molecule has 0 saturated carbocycles. The van der Waals surface area contributed by atoms with E-state index in [1.807, 2.05) is 26.0 Å². The lowest BCUT2D eigenvalue weighted by Crippen LogP contribution is -1.98. The first-order chi connectivity index (χ1) is 7.67. The van der Waals surface area contributed by atoms with Crippen LogP contribution in [0.1, 0.15) is 25.8 Å². The zero-order valence-corrected chi connectivity index (χ0v) is 10.9. The maximum absolute atomic E-state index is 5.93. The third-order valence-corrected chi connectivity index (χ3v) is 2.58. The molecule has 1 rings (SSSR count). The summed E-state index contributed by atoms with van der Waals surface area (Å²) in [5.41, 5.74) is 1.23. The molecule has 0 N–H and O–H groups in total. The van der Waals surface area contributed by atoms with E-state index in [2.05, 4.69) is 6.07 Å². The molecule has 90 valence electrons. The fourth-order valence-electron chi connectivity index (χ4n) is 1.51. The number of halogens is 1. The van der Waals surface area contributed by atoms with Crippen molar-refractivity contribution in [3.63, 3.8) is 0 Å². The summed E-state index contributed by atoms with van der Waals surface area (Å²) in [6, 6.07) is 6.04. The van der Waals surface area contributed by atoms with E-state index in [0.29, 0.717) is 6.61 Å². The smallest absolute Gasteiger partial charge is 0.161 e. The molecule has 0 fully saturated rings. The van der Waals surface area contributed by atoms with Gasteiger partial charge in [-0.05, 0) is 44.4 Å². The summed E-state index contributed by atoms with van der Waals surface area (Å²) in [7, 11) is 1.66. The first-order valence-electron chi connectivity index (χ1n) is 5.61. The number of aryl methyl sites for hydroxylation is 1. The van der Waals surface area contributed by atoms with Gasteiger partial charge in [0.05, 0.1) is 13.7 Å². The van der Waals surface area contributed by atoms with Crippen LogP contribution in [0, 0.1) is 0 Å². The van der Waals surface area contributed by atoms with Crippen molar-refractivity contribution in [3.8, 4) is 11.5 Å². The van der Waals surface area contributed by atoms with Gasteiger partial charge in [-0.3, -0.25) is 0 Å². The van der Waals surface area contributed by atoms with E-state index in [0.717, 1.165) is 24.3 Å². The maximum Gasteiger partial charge on any atom is 0.161 e. The zero-order valence-electron chi connectivity index (χ0n) is 10.1. The fourth-order valence-corrected chi connectivity index (χ4v) is 1.62. The Hall–Kier alpha value is -0.890. The maximum atomic E-state index is 5.93. The van der Waals surface area contributed by atoms with Crippen LogP contribution in [0.25, 0.3) is 0 Å². The summed E-state index contributed by atoms with van der Waals surface area (Å²) in [5.74, 6) is 1.59. The third kappa shape index (κ3) is 3.93. The molecule has 0 aliphatic carbocycles. The summed E-state index contributed by atoms with van der Waals surface area (Å²) in [4.78, 5) is 0. The topological polar surface area (TPSA) is 18.5 Å². The van der Waals surface area contributed by atoms with Crippen molar-refractivity contribution in [1.82, 2.24) is 0 Å². The SMILES string of the molecule is CCOc1ccc(CCC(C)Cl)cc1OC. The van der Waals surface area contributed by atoms with Gasteiger partial charge in [0.15, 0.2) is 11.5 Å². The van der Waals surface area contributed by atoms with Crippen LogP contribution in [0.2, 0.25) is 0 Å². The molecule has 0 spiro atoms. The minimum atomic E-state index is 0.206. The second kappa shape index (κ2) is 6.64. The number of hydrogen-bond donors (Lipinski definition) is 0. The molecule has 0 aliphatic heterocycles. The van der Waals surface area contributed by atoms with Crippen LogP contribution in [0.3, 0.4) is 0 Å². The molecule has 16 heavy (non-hydrogen) atoms. The lowest BCUT2D eigenvalue weighted by atomic mass is 10.1. The van der Waals surface area contributed by atoms with E-state index in [9.17, 15) is 0 Å². The van der Waals surface area contributed by atoms with E-state index in [-0.39, 0.29) is 5.38 Å². The molecule has 1 atom stereocenters. The van der Waals surface area contributed by atoms with Crippen molar-refractivity contribution >= 4 is 11.6 Å². The molecule has 2 nitrogen and oxygen atoms in total. The van der Waals surface area contributed by atoms with Crippen LogP contribution in [0.5, 0.6) is 11.5 Å². The molecule has 0 bridgehead atoms. The van der Waals surface area contributed by atoms with Gasteiger partial charge in [0.1, 0.15) is 0 Å². The van der Waals surface area contributed by atoms with Crippen LogP contribution >= 0.6 is 11.6 Å². The van der Waals surface area contributed by atoms with Gasteiger partial charge in [-0.25, -0.2) is 0 Å². The largest absolute Gasteiger partial charge is 0.493 e. The molecule has 0 radical (unpaired) electrons. The van der Waals surface area contributed by atoms with Crippen molar-refractivity contribution in [2.24, 2.45) is 0 Å². The van der Waals surface area contributed by atoms with Gasteiger partial charge in [-0.1, -0.05) is 6.07 Å². The molecular formula is C13H19ClO2. The highest BCUT2D eigenvalue weighted by Crippen LogP contribution is 2.28. The van der Waals surface area contributed by atoms with Crippen molar-refractivity contribution < 1.29 is 9.47 Å². The van der Waals surface area contributed by atoms with Gasteiger partial charge < -0.3 is 9.47 Å². The third-order valence-electron chi connectivity index (χ3n) is 2.36. The van der Waals surface area contributed by atoms with Gasteiger partial charge in [0.2, 0.25) is 0 Å². The van der Waals surface area contributed by atoms with Crippen LogP contribution in [-0.4, -0.2) is 19.1 Å². The second-order valence-electron chi connectivity index (χ2n) is 3.74. The molecule has 0 heterocycles. The Morgan fingerprint density at radius 3 is 2.62 bits per heavy atom. The van der Waals surface area contributed by atoms with E-state index < -0.39 is 0 Å². The fraction of sp³-hybridized carbons (Fsp3) is 0.538. The number of methoxy groups -OCH3 is 1. The monoisotopic (exact) mass is 242 g/mol. The Kier molecular flexibility index (Phi) is 5.47. The number of ether oxygens (including phenoxy) is 2. The quantitative estimate of drug-likeness (QED) is 0.709. The number of rotatable bonds is 6. The minimum absolute atomic E-state index is 0.206. The lowest BCUT2D eigenvalue weighted by Gasteiger charge is -2.11. The summed E-state index contributed by atoms with van der Waals surface area (Å²) in [6.07, 6.45) is 1.94. The lowest BCUT2D eigenvalue weighted by molar-refractivity contribution is 0.310. The summed E-state index contributed by atoms with van der Waals surface area (Å²) < 4.78 is 10.7. The van der Waals surface area contributed by atoms with Crippen molar-refractivity contribution in [3.05, 3.63) is 23.8 Å². The second-order valence-corrected chi connectivity index (χ2v) is 4.48. The Morgan fingerprint density at radius 1 is 1.31 bits per heavy atom. The van der Waals surface area contributed by atoms with Gasteiger partial charge in [0, 0.05) is 5.38 Å². The van der Waals surface area contributed by atoms with E-state index in [1.165, 1.54) is 5.56 Å². The van der Waals surface area contributed by atoms with Gasteiger partial charge in [-0.15, -0.1) is 11.6 Å². The average molecular weight is 243 g/mol. The highest BCUT2D eigenvalue weighted by molar-refractivity contribution is 6.20. The van der Waals surface area contributed by atoms with E-state index in [4.69, 9.17) is 21.1 Å². The standard InChI is InChI=1S/C13H19ClO2/c1-4-16-12-8-7-11(6-5-10(2)14)9-13(12)15-3/h7-10H,4-6H2,1-3H3. The molecule has 1 unspecified atom stereocenters. The van der Waals surface area contributed by atoms with Crippen LogP contribution < -0.4 is 9.47 Å². The molecule has 3 heteroatoms. The normalized spacial score (nSPS) is 12.2. The van der Waals surface area contributed by atoms with Crippen molar-refractivity contribution in [1.29, 1.82) is 0 Å². The highest BCUT2D eigenvalue weighted by atomic mass is 35.5. The number of hydrogen-bond acceptors (Lipinski definition) is 2. The van der Waals surface area contributed by atoms with Gasteiger partial charge in [-0.2, -0.15) is 0 Å². The molecular weight excluding hydrogens is 224 g/mol. The van der Waals surface area contributed by atoms with Gasteiger partial charge in [0.25, 0.3) is 0 Å². The highest BCUT2D eigenvalue weighted by Gasteiger charge is 2.06. The number of benzene rings is 1. The molecule has 0 aliphatic rings. The van der Waals surface area contributed by atoms with Crippen molar-refractivity contribution in [2.45, 2.75) is 32.1 Å².